The van der Waals surface area contributed by atoms with Crippen molar-refractivity contribution in [3.63, 3.8) is 0 Å². The Morgan fingerprint density at radius 1 is 1.29 bits per heavy atom. The van der Waals surface area contributed by atoms with E-state index in [1.54, 1.807) is 0 Å². The summed E-state index contributed by atoms with van der Waals surface area (Å²) in [5, 5.41) is 3.51. The summed E-state index contributed by atoms with van der Waals surface area (Å²) in [6, 6.07) is 6.95. The molecule has 0 bridgehead atoms. The maximum absolute atomic E-state index is 5.77. The minimum Gasteiger partial charge on any atom is -0.493 e. The predicted molar refractivity (Wildman–Crippen MR) is 73.6 cm³/mol. The van der Waals surface area contributed by atoms with Gasteiger partial charge >= 0.3 is 0 Å². The fourth-order valence-electron chi connectivity index (χ4n) is 1.63. The summed E-state index contributed by atoms with van der Waals surface area (Å²) in [6.07, 6.45) is 2.20. The Morgan fingerprint density at radius 3 is 2.71 bits per heavy atom. The SMILES string of the molecule is CCCOc1ccc(C)cc1CN[C@H](C)CC. The molecule has 0 aliphatic rings. The molecule has 0 saturated carbocycles. The zero-order valence-electron chi connectivity index (χ0n) is 11.5. The van der Waals surface area contributed by atoms with Gasteiger partial charge in [0.25, 0.3) is 0 Å². The van der Waals surface area contributed by atoms with Crippen LogP contribution < -0.4 is 10.1 Å². The van der Waals surface area contributed by atoms with E-state index in [0.717, 1.165) is 31.7 Å². The molecule has 0 aliphatic carbocycles. The lowest BCUT2D eigenvalue weighted by Crippen LogP contribution is -2.24. The van der Waals surface area contributed by atoms with Crippen LogP contribution in [0.1, 0.15) is 44.7 Å². The van der Waals surface area contributed by atoms with E-state index < -0.39 is 0 Å². The first kappa shape index (κ1) is 14.0. The van der Waals surface area contributed by atoms with Crippen LogP contribution in [0.2, 0.25) is 0 Å². The molecule has 96 valence electrons. The maximum Gasteiger partial charge on any atom is 0.123 e. The number of rotatable bonds is 7. The normalized spacial score (nSPS) is 12.5. The fraction of sp³-hybridized carbons (Fsp3) is 0.600. The summed E-state index contributed by atoms with van der Waals surface area (Å²) < 4.78 is 5.77. The van der Waals surface area contributed by atoms with Crippen molar-refractivity contribution in [1.29, 1.82) is 0 Å². The lowest BCUT2D eigenvalue weighted by Gasteiger charge is -2.15. The molecular weight excluding hydrogens is 210 g/mol. The molecule has 1 aromatic rings. The predicted octanol–water partition coefficient (Wildman–Crippen LogP) is 3.67. The number of hydrogen-bond acceptors (Lipinski definition) is 2. The summed E-state index contributed by atoms with van der Waals surface area (Å²) in [4.78, 5) is 0. The second-order valence-electron chi connectivity index (χ2n) is 4.65. The Balaban J connectivity index is 2.69. The monoisotopic (exact) mass is 235 g/mol. The number of aryl methyl sites for hydroxylation is 1. The average Bonchev–Trinajstić information content (AvgIpc) is 2.34. The molecule has 0 unspecified atom stereocenters. The third kappa shape index (κ3) is 4.78. The summed E-state index contributed by atoms with van der Waals surface area (Å²) in [5.41, 5.74) is 2.55. The molecule has 1 rings (SSSR count). The standard InChI is InChI=1S/C15H25NO/c1-5-9-17-15-8-7-12(3)10-14(15)11-16-13(4)6-2/h7-8,10,13,16H,5-6,9,11H2,1-4H3/t13-/m1/s1. The van der Waals surface area contributed by atoms with Gasteiger partial charge in [-0.1, -0.05) is 31.5 Å². The lowest BCUT2D eigenvalue weighted by molar-refractivity contribution is 0.312. The van der Waals surface area contributed by atoms with Crippen LogP contribution in [-0.2, 0) is 6.54 Å². The Morgan fingerprint density at radius 2 is 2.06 bits per heavy atom. The average molecular weight is 235 g/mol. The third-order valence-electron chi connectivity index (χ3n) is 2.93. The van der Waals surface area contributed by atoms with Crippen LogP contribution in [0.4, 0.5) is 0 Å². The summed E-state index contributed by atoms with van der Waals surface area (Å²) in [5.74, 6) is 1.02. The molecule has 0 spiro atoms. The van der Waals surface area contributed by atoms with Crippen molar-refractivity contribution >= 4 is 0 Å². The molecule has 0 aromatic heterocycles. The van der Waals surface area contributed by atoms with Gasteiger partial charge in [0.2, 0.25) is 0 Å². The highest BCUT2D eigenvalue weighted by molar-refractivity contribution is 5.36. The van der Waals surface area contributed by atoms with Crippen molar-refractivity contribution < 1.29 is 4.74 Å². The van der Waals surface area contributed by atoms with E-state index in [0.29, 0.717) is 6.04 Å². The minimum absolute atomic E-state index is 0.550. The van der Waals surface area contributed by atoms with E-state index >= 15 is 0 Å². The first-order chi connectivity index (χ1) is 8.17. The molecule has 2 heteroatoms. The summed E-state index contributed by atoms with van der Waals surface area (Å²) in [7, 11) is 0. The first-order valence-electron chi connectivity index (χ1n) is 6.63. The Bertz CT molecular complexity index is 336. The number of hydrogen-bond donors (Lipinski definition) is 1. The Labute approximate surface area is 105 Å². The molecular formula is C15H25NO. The highest BCUT2D eigenvalue weighted by Crippen LogP contribution is 2.20. The molecule has 2 nitrogen and oxygen atoms in total. The number of nitrogens with one attached hydrogen (secondary N) is 1. The smallest absolute Gasteiger partial charge is 0.123 e. The summed E-state index contributed by atoms with van der Waals surface area (Å²) in [6.45, 7) is 10.3. The van der Waals surface area contributed by atoms with Crippen LogP contribution in [0.3, 0.4) is 0 Å². The molecule has 17 heavy (non-hydrogen) atoms. The highest BCUT2D eigenvalue weighted by atomic mass is 16.5. The van der Waals surface area contributed by atoms with Gasteiger partial charge in [-0.25, -0.2) is 0 Å². The fourth-order valence-corrected chi connectivity index (χ4v) is 1.63. The van der Waals surface area contributed by atoms with E-state index in [1.165, 1.54) is 11.1 Å². The van der Waals surface area contributed by atoms with Crippen LogP contribution >= 0.6 is 0 Å². The van der Waals surface area contributed by atoms with Gasteiger partial charge < -0.3 is 10.1 Å². The van der Waals surface area contributed by atoms with Crippen LogP contribution in [0.15, 0.2) is 18.2 Å². The molecule has 1 aromatic carbocycles. The van der Waals surface area contributed by atoms with Crippen LogP contribution in [0.25, 0.3) is 0 Å². The summed E-state index contributed by atoms with van der Waals surface area (Å²) >= 11 is 0. The quantitative estimate of drug-likeness (QED) is 0.778. The molecule has 0 amide bonds. The second-order valence-corrected chi connectivity index (χ2v) is 4.65. The molecule has 0 saturated heterocycles. The van der Waals surface area contributed by atoms with E-state index in [4.69, 9.17) is 4.74 Å². The topological polar surface area (TPSA) is 21.3 Å². The van der Waals surface area contributed by atoms with E-state index in [1.807, 2.05) is 0 Å². The van der Waals surface area contributed by atoms with E-state index in [-0.39, 0.29) is 0 Å². The zero-order chi connectivity index (χ0) is 12.7. The van der Waals surface area contributed by atoms with Crippen molar-refractivity contribution in [3.05, 3.63) is 29.3 Å². The van der Waals surface area contributed by atoms with Gasteiger partial charge in [0, 0.05) is 18.2 Å². The Kier molecular flexibility index (Phi) is 6.06. The lowest BCUT2D eigenvalue weighted by atomic mass is 10.1. The second kappa shape index (κ2) is 7.33. The molecule has 0 heterocycles. The van der Waals surface area contributed by atoms with Gasteiger partial charge in [-0.3, -0.25) is 0 Å². The van der Waals surface area contributed by atoms with Crippen LogP contribution in [0.5, 0.6) is 5.75 Å². The maximum atomic E-state index is 5.77. The third-order valence-corrected chi connectivity index (χ3v) is 2.93. The highest BCUT2D eigenvalue weighted by Gasteiger charge is 2.05. The van der Waals surface area contributed by atoms with Crippen molar-refractivity contribution in [2.45, 2.75) is 53.1 Å². The zero-order valence-corrected chi connectivity index (χ0v) is 11.5. The van der Waals surface area contributed by atoms with Gasteiger partial charge in [0.15, 0.2) is 0 Å². The number of benzene rings is 1. The van der Waals surface area contributed by atoms with E-state index in [9.17, 15) is 0 Å². The molecule has 1 N–H and O–H groups in total. The van der Waals surface area contributed by atoms with Crippen molar-refractivity contribution in [2.75, 3.05) is 6.61 Å². The molecule has 0 fully saturated rings. The molecule has 1 atom stereocenters. The van der Waals surface area contributed by atoms with Crippen molar-refractivity contribution in [2.24, 2.45) is 0 Å². The van der Waals surface area contributed by atoms with Crippen LogP contribution in [-0.4, -0.2) is 12.6 Å². The Hall–Kier alpha value is -1.02. The molecule has 0 radical (unpaired) electrons. The van der Waals surface area contributed by atoms with Gasteiger partial charge in [0.1, 0.15) is 5.75 Å². The first-order valence-corrected chi connectivity index (χ1v) is 6.63. The van der Waals surface area contributed by atoms with Crippen LogP contribution in [0, 0.1) is 6.92 Å². The van der Waals surface area contributed by atoms with Crippen molar-refractivity contribution in [3.8, 4) is 5.75 Å². The van der Waals surface area contributed by atoms with Gasteiger partial charge in [-0.05, 0) is 32.8 Å². The number of ether oxygens (including phenoxy) is 1. The van der Waals surface area contributed by atoms with Gasteiger partial charge in [0.05, 0.1) is 6.61 Å². The van der Waals surface area contributed by atoms with E-state index in [2.05, 4.69) is 51.2 Å². The minimum atomic E-state index is 0.550. The largest absolute Gasteiger partial charge is 0.493 e. The van der Waals surface area contributed by atoms with Gasteiger partial charge in [-0.2, -0.15) is 0 Å². The van der Waals surface area contributed by atoms with Crippen molar-refractivity contribution in [1.82, 2.24) is 5.32 Å². The molecule has 0 aliphatic heterocycles. The van der Waals surface area contributed by atoms with Gasteiger partial charge in [-0.15, -0.1) is 0 Å².